The number of hydrogen-bond donors (Lipinski definition) is 1. The predicted molar refractivity (Wildman–Crippen MR) is 93.4 cm³/mol. The molecule has 0 aliphatic carbocycles. The first-order valence-corrected chi connectivity index (χ1v) is 8.62. The maximum absolute atomic E-state index is 12.3. The van der Waals surface area contributed by atoms with Crippen LogP contribution in [0.4, 0.5) is 13.2 Å². The Morgan fingerprint density at radius 1 is 1.22 bits per heavy atom. The Hall–Kier alpha value is -2.61. The number of alkyl halides is 3. The number of benzene rings is 1. The van der Waals surface area contributed by atoms with Gasteiger partial charge in [0.1, 0.15) is 0 Å². The van der Waals surface area contributed by atoms with E-state index in [1.54, 1.807) is 0 Å². The van der Waals surface area contributed by atoms with Crippen molar-refractivity contribution >= 4 is 5.91 Å². The van der Waals surface area contributed by atoms with Crippen molar-refractivity contribution < 1.29 is 22.7 Å². The summed E-state index contributed by atoms with van der Waals surface area (Å²) in [7, 11) is 0. The van der Waals surface area contributed by atoms with Gasteiger partial charge in [-0.3, -0.25) is 9.69 Å². The minimum atomic E-state index is -4.42. The summed E-state index contributed by atoms with van der Waals surface area (Å²) in [6.45, 7) is 1.06. The van der Waals surface area contributed by atoms with Crippen LogP contribution in [0.3, 0.4) is 0 Å². The van der Waals surface area contributed by atoms with Gasteiger partial charge in [-0.05, 0) is 18.1 Å². The number of pyridine rings is 1. The van der Waals surface area contributed by atoms with Crippen LogP contribution in [0, 0.1) is 0 Å². The van der Waals surface area contributed by atoms with E-state index >= 15 is 0 Å². The fourth-order valence-electron chi connectivity index (χ4n) is 2.96. The van der Waals surface area contributed by atoms with Crippen LogP contribution >= 0.6 is 0 Å². The molecule has 1 aromatic heterocycles. The predicted octanol–water partition coefficient (Wildman–Crippen LogP) is 3.03. The van der Waals surface area contributed by atoms with Gasteiger partial charge < -0.3 is 10.1 Å². The van der Waals surface area contributed by atoms with E-state index in [2.05, 4.69) is 32.1 Å². The molecule has 0 spiro atoms. The molecule has 5 nitrogen and oxygen atoms in total. The lowest BCUT2D eigenvalue weighted by molar-refractivity contribution is -0.154. The van der Waals surface area contributed by atoms with Crippen LogP contribution in [0.25, 0.3) is 0 Å². The molecule has 1 aliphatic heterocycles. The molecule has 0 bridgehead atoms. The minimum Gasteiger partial charge on any atom is -0.468 e. The third-order valence-electron chi connectivity index (χ3n) is 4.24. The molecule has 1 saturated heterocycles. The topological polar surface area (TPSA) is 54.5 Å². The second-order valence-corrected chi connectivity index (χ2v) is 6.47. The Kier molecular flexibility index (Phi) is 5.95. The summed E-state index contributed by atoms with van der Waals surface area (Å²) < 4.78 is 40.9. The molecule has 2 heterocycles. The van der Waals surface area contributed by atoms with Crippen LogP contribution < -0.4 is 10.1 Å². The number of aromatic nitrogens is 1. The Labute approximate surface area is 155 Å². The molecule has 1 atom stereocenters. The normalized spacial score (nSPS) is 17.7. The van der Waals surface area contributed by atoms with E-state index < -0.39 is 12.8 Å². The van der Waals surface area contributed by atoms with Gasteiger partial charge in [-0.2, -0.15) is 13.2 Å². The number of likely N-dealkylation sites (tertiary alicyclic amines) is 1. The van der Waals surface area contributed by atoms with Gasteiger partial charge in [0, 0.05) is 37.9 Å². The summed E-state index contributed by atoms with van der Waals surface area (Å²) in [6.07, 6.45) is -2.36. The molecule has 2 aromatic rings. The highest BCUT2D eigenvalue weighted by molar-refractivity contribution is 5.94. The zero-order valence-corrected chi connectivity index (χ0v) is 14.6. The highest BCUT2D eigenvalue weighted by Gasteiger charge is 2.29. The van der Waals surface area contributed by atoms with E-state index in [0.717, 1.165) is 26.1 Å². The van der Waals surface area contributed by atoms with Crippen molar-refractivity contribution in [2.24, 2.45) is 0 Å². The molecule has 0 radical (unpaired) electrons. The van der Waals surface area contributed by atoms with E-state index in [1.165, 1.54) is 23.9 Å². The van der Waals surface area contributed by atoms with Gasteiger partial charge in [0.2, 0.25) is 5.88 Å². The Morgan fingerprint density at radius 2 is 2.00 bits per heavy atom. The highest BCUT2D eigenvalue weighted by Crippen LogP contribution is 2.17. The Bertz CT molecular complexity index is 751. The first kappa shape index (κ1) is 19.2. The summed E-state index contributed by atoms with van der Waals surface area (Å²) in [5.74, 6) is -0.463. The average molecular weight is 379 g/mol. The van der Waals surface area contributed by atoms with E-state index in [0.29, 0.717) is 0 Å². The standard InChI is InChI=1S/C19H20F3N3O2/c20-19(21,22)13-27-17-7-6-15(10-23-17)18(26)24-16-8-9-25(12-16)11-14-4-2-1-3-5-14/h1-7,10,16H,8-9,11-13H2,(H,24,26)/t16-/m1/s1. The average Bonchev–Trinajstić information content (AvgIpc) is 3.07. The van der Waals surface area contributed by atoms with Gasteiger partial charge in [0.15, 0.2) is 6.61 Å². The van der Waals surface area contributed by atoms with Crippen LogP contribution in [-0.4, -0.2) is 47.7 Å². The van der Waals surface area contributed by atoms with Crippen LogP contribution in [0.2, 0.25) is 0 Å². The molecular formula is C19H20F3N3O2. The van der Waals surface area contributed by atoms with E-state index in [-0.39, 0.29) is 23.4 Å². The van der Waals surface area contributed by atoms with Crippen LogP contribution in [0.1, 0.15) is 22.3 Å². The molecule has 1 aromatic carbocycles. The number of halogens is 3. The van der Waals surface area contributed by atoms with Crippen LogP contribution in [0.5, 0.6) is 5.88 Å². The lowest BCUT2D eigenvalue weighted by Crippen LogP contribution is -2.37. The second kappa shape index (κ2) is 8.39. The number of carbonyl (C=O) groups excluding carboxylic acids is 1. The molecule has 1 aliphatic rings. The zero-order chi connectivity index (χ0) is 19.3. The van der Waals surface area contributed by atoms with Gasteiger partial charge >= 0.3 is 6.18 Å². The molecule has 1 amide bonds. The second-order valence-electron chi connectivity index (χ2n) is 6.47. The van der Waals surface area contributed by atoms with Gasteiger partial charge in [-0.25, -0.2) is 4.98 Å². The molecule has 144 valence electrons. The van der Waals surface area contributed by atoms with Crippen molar-refractivity contribution in [3.63, 3.8) is 0 Å². The molecule has 1 fully saturated rings. The fraction of sp³-hybridized carbons (Fsp3) is 0.368. The number of carbonyl (C=O) groups is 1. The minimum absolute atomic E-state index is 0.0300. The summed E-state index contributed by atoms with van der Waals surface area (Å²) in [5, 5.41) is 2.95. The zero-order valence-electron chi connectivity index (χ0n) is 14.6. The lowest BCUT2D eigenvalue weighted by Gasteiger charge is -2.17. The number of amides is 1. The molecule has 27 heavy (non-hydrogen) atoms. The van der Waals surface area contributed by atoms with Crippen LogP contribution in [-0.2, 0) is 6.54 Å². The van der Waals surface area contributed by atoms with E-state index in [4.69, 9.17) is 0 Å². The number of nitrogens with one attached hydrogen (secondary N) is 1. The number of rotatable bonds is 6. The summed E-state index contributed by atoms with van der Waals surface area (Å²) in [6, 6.07) is 12.8. The smallest absolute Gasteiger partial charge is 0.422 e. The number of hydrogen-bond acceptors (Lipinski definition) is 4. The van der Waals surface area contributed by atoms with E-state index in [9.17, 15) is 18.0 Å². The molecule has 0 unspecified atom stereocenters. The maximum Gasteiger partial charge on any atom is 0.422 e. The number of nitrogens with zero attached hydrogens (tertiary/aromatic N) is 2. The molecule has 8 heteroatoms. The first-order chi connectivity index (χ1) is 12.9. The van der Waals surface area contributed by atoms with Crippen molar-refractivity contribution in [3.05, 3.63) is 59.8 Å². The van der Waals surface area contributed by atoms with Crippen molar-refractivity contribution in [3.8, 4) is 5.88 Å². The van der Waals surface area contributed by atoms with Gasteiger partial charge in [0.05, 0.1) is 5.56 Å². The lowest BCUT2D eigenvalue weighted by atomic mass is 10.2. The van der Waals surface area contributed by atoms with Crippen molar-refractivity contribution in [2.45, 2.75) is 25.2 Å². The van der Waals surface area contributed by atoms with Crippen molar-refractivity contribution in [2.75, 3.05) is 19.7 Å². The third-order valence-corrected chi connectivity index (χ3v) is 4.24. The van der Waals surface area contributed by atoms with Crippen LogP contribution in [0.15, 0.2) is 48.7 Å². The molecule has 0 saturated carbocycles. The Balaban J connectivity index is 1.47. The van der Waals surface area contributed by atoms with E-state index in [1.807, 2.05) is 18.2 Å². The van der Waals surface area contributed by atoms with Gasteiger partial charge in [-0.1, -0.05) is 30.3 Å². The first-order valence-electron chi connectivity index (χ1n) is 8.62. The quantitative estimate of drug-likeness (QED) is 0.838. The highest BCUT2D eigenvalue weighted by atomic mass is 19.4. The number of ether oxygens (including phenoxy) is 1. The van der Waals surface area contributed by atoms with Gasteiger partial charge in [0.25, 0.3) is 5.91 Å². The fourth-order valence-corrected chi connectivity index (χ4v) is 2.96. The summed E-state index contributed by atoms with van der Waals surface area (Å²) in [5.41, 5.74) is 1.51. The summed E-state index contributed by atoms with van der Waals surface area (Å²) in [4.78, 5) is 18.3. The summed E-state index contributed by atoms with van der Waals surface area (Å²) >= 11 is 0. The largest absolute Gasteiger partial charge is 0.468 e. The SMILES string of the molecule is O=C(N[C@@H]1CCN(Cc2ccccc2)C1)c1ccc(OCC(F)(F)F)nc1. The monoisotopic (exact) mass is 379 g/mol. The van der Waals surface area contributed by atoms with Gasteiger partial charge in [-0.15, -0.1) is 0 Å². The molecule has 3 rings (SSSR count). The Morgan fingerprint density at radius 3 is 2.67 bits per heavy atom. The molecular weight excluding hydrogens is 359 g/mol. The van der Waals surface area contributed by atoms with Crippen molar-refractivity contribution in [1.29, 1.82) is 0 Å². The maximum atomic E-state index is 12.3. The molecule has 1 N–H and O–H groups in total. The van der Waals surface area contributed by atoms with Crippen molar-refractivity contribution in [1.82, 2.24) is 15.2 Å². The third kappa shape index (κ3) is 5.96.